The fraction of sp³-hybridized carbons (Fsp3) is 1.00. The van der Waals surface area contributed by atoms with E-state index in [0.29, 0.717) is 12.6 Å². The average molecular weight is 187 g/mol. The first-order chi connectivity index (χ1) is 6.35. The van der Waals surface area contributed by atoms with Gasteiger partial charge in [-0.05, 0) is 0 Å². The quantitative estimate of drug-likeness (QED) is 0.513. The largest absolute Gasteiger partial charge is 0.372 e. The molecule has 1 fully saturated rings. The molecule has 1 rings (SSSR count). The maximum Gasteiger partial charge on any atom is 0.0931 e. The van der Waals surface area contributed by atoms with E-state index in [1.54, 1.807) is 0 Å². The van der Waals surface area contributed by atoms with Gasteiger partial charge in [-0.2, -0.15) is 0 Å². The molecule has 0 aromatic rings. The molecular formula is C11H25NO. The van der Waals surface area contributed by atoms with Gasteiger partial charge in [0, 0.05) is 6.54 Å². The van der Waals surface area contributed by atoms with Crippen molar-refractivity contribution in [1.29, 1.82) is 0 Å². The smallest absolute Gasteiger partial charge is 0.0931 e. The Morgan fingerprint density at radius 3 is 1.69 bits per heavy atom. The second kappa shape index (κ2) is 10.0. The van der Waals surface area contributed by atoms with Gasteiger partial charge in [0.05, 0.1) is 12.7 Å². The minimum atomic E-state index is 0.412. The lowest BCUT2D eigenvalue weighted by Gasteiger charge is -1.93. The molecule has 0 aromatic carbocycles. The first-order valence-corrected chi connectivity index (χ1v) is 5.66. The Bertz CT molecular complexity index is 86.1. The lowest BCUT2D eigenvalue weighted by Crippen LogP contribution is -2.05. The van der Waals surface area contributed by atoms with Crippen LogP contribution in [0, 0.1) is 0 Å². The molecule has 1 aliphatic heterocycles. The van der Waals surface area contributed by atoms with Crippen LogP contribution < -0.4 is 5.73 Å². The first kappa shape index (κ1) is 12.9. The molecule has 1 atom stereocenters. The van der Waals surface area contributed by atoms with Crippen molar-refractivity contribution in [1.82, 2.24) is 0 Å². The Kier molecular flexibility index (Phi) is 9.94. The summed E-state index contributed by atoms with van der Waals surface area (Å²) in [5, 5.41) is 0. The van der Waals surface area contributed by atoms with Crippen molar-refractivity contribution in [3.8, 4) is 0 Å². The summed E-state index contributed by atoms with van der Waals surface area (Å²) in [5.41, 5.74) is 5.11. The van der Waals surface area contributed by atoms with Gasteiger partial charge >= 0.3 is 0 Å². The Labute approximate surface area is 82.8 Å². The molecule has 13 heavy (non-hydrogen) atoms. The Balaban J connectivity index is 0.000000243. The fourth-order valence-corrected chi connectivity index (χ4v) is 1.06. The van der Waals surface area contributed by atoms with Crippen molar-refractivity contribution >= 4 is 0 Å². The number of epoxide rings is 1. The third-order valence-corrected chi connectivity index (χ3v) is 2.12. The van der Waals surface area contributed by atoms with Crippen molar-refractivity contribution < 1.29 is 4.74 Å². The van der Waals surface area contributed by atoms with Crippen molar-refractivity contribution in [3.05, 3.63) is 0 Å². The zero-order valence-electron chi connectivity index (χ0n) is 9.22. The standard InChI is InChI=1S/C8H18.C3H7NO/c1-3-5-7-8-6-4-2;4-1-3-2-5-3/h3-8H2,1-2H3;3H,1-2,4H2. The van der Waals surface area contributed by atoms with Crippen LogP contribution in [0.5, 0.6) is 0 Å². The Morgan fingerprint density at radius 2 is 1.54 bits per heavy atom. The minimum Gasteiger partial charge on any atom is -0.372 e. The van der Waals surface area contributed by atoms with E-state index in [2.05, 4.69) is 13.8 Å². The van der Waals surface area contributed by atoms with E-state index in [1.807, 2.05) is 0 Å². The normalized spacial score (nSPS) is 19.2. The molecule has 2 nitrogen and oxygen atoms in total. The van der Waals surface area contributed by atoms with Crippen LogP contribution in [0.15, 0.2) is 0 Å². The van der Waals surface area contributed by atoms with E-state index in [1.165, 1.54) is 38.5 Å². The maximum absolute atomic E-state index is 5.11. The zero-order valence-corrected chi connectivity index (χ0v) is 9.22. The predicted octanol–water partition coefficient (Wildman–Crippen LogP) is 2.71. The van der Waals surface area contributed by atoms with Crippen molar-refractivity contribution in [2.75, 3.05) is 13.2 Å². The summed E-state index contributed by atoms with van der Waals surface area (Å²) in [4.78, 5) is 0. The van der Waals surface area contributed by atoms with Gasteiger partial charge in [0.1, 0.15) is 0 Å². The van der Waals surface area contributed by atoms with Crippen molar-refractivity contribution in [2.24, 2.45) is 5.73 Å². The van der Waals surface area contributed by atoms with Gasteiger partial charge in [0.25, 0.3) is 0 Å². The van der Waals surface area contributed by atoms with Crippen LogP contribution in [0.3, 0.4) is 0 Å². The monoisotopic (exact) mass is 187 g/mol. The molecule has 80 valence electrons. The lowest BCUT2D eigenvalue weighted by molar-refractivity contribution is 0.412. The highest BCUT2D eigenvalue weighted by Gasteiger charge is 2.18. The van der Waals surface area contributed by atoms with Gasteiger partial charge < -0.3 is 10.5 Å². The summed E-state index contributed by atoms with van der Waals surface area (Å²) < 4.78 is 4.73. The van der Waals surface area contributed by atoms with E-state index in [-0.39, 0.29) is 0 Å². The van der Waals surface area contributed by atoms with Gasteiger partial charge in [-0.15, -0.1) is 0 Å². The van der Waals surface area contributed by atoms with Crippen LogP contribution >= 0.6 is 0 Å². The van der Waals surface area contributed by atoms with Gasteiger partial charge in [0.2, 0.25) is 0 Å². The van der Waals surface area contributed by atoms with E-state index in [0.717, 1.165) is 6.61 Å². The highest BCUT2D eigenvalue weighted by atomic mass is 16.6. The molecule has 0 saturated carbocycles. The second-order valence-electron chi connectivity index (χ2n) is 3.61. The zero-order chi connectivity index (χ0) is 9.94. The third-order valence-electron chi connectivity index (χ3n) is 2.12. The van der Waals surface area contributed by atoms with E-state index in [9.17, 15) is 0 Å². The average Bonchev–Trinajstić information content (AvgIpc) is 2.97. The summed E-state index contributed by atoms with van der Waals surface area (Å²) in [6, 6.07) is 0. The van der Waals surface area contributed by atoms with Crippen molar-refractivity contribution in [2.45, 2.75) is 58.5 Å². The van der Waals surface area contributed by atoms with Gasteiger partial charge in [0.15, 0.2) is 0 Å². The van der Waals surface area contributed by atoms with Gasteiger partial charge in [-0.1, -0.05) is 52.4 Å². The molecule has 0 amide bonds. The Hall–Kier alpha value is -0.0800. The molecule has 1 aliphatic rings. The molecule has 0 spiro atoms. The summed E-state index contributed by atoms with van der Waals surface area (Å²) in [7, 11) is 0. The van der Waals surface area contributed by atoms with E-state index < -0.39 is 0 Å². The number of hydrogen-bond acceptors (Lipinski definition) is 2. The van der Waals surface area contributed by atoms with Crippen LogP contribution in [-0.2, 0) is 4.74 Å². The molecule has 0 bridgehead atoms. The molecule has 0 aliphatic carbocycles. The number of unbranched alkanes of at least 4 members (excludes halogenated alkanes) is 5. The first-order valence-electron chi connectivity index (χ1n) is 5.66. The van der Waals surface area contributed by atoms with Crippen LogP contribution in [0.25, 0.3) is 0 Å². The molecule has 2 heteroatoms. The summed E-state index contributed by atoms with van der Waals surface area (Å²) in [6.07, 6.45) is 8.90. The molecule has 1 heterocycles. The van der Waals surface area contributed by atoms with Crippen LogP contribution in [0.4, 0.5) is 0 Å². The lowest BCUT2D eigenvalue weighted by atomic mass is 10.1. The molecule has 0 radical (unpaired) electrons. The van der Waals surface area contributed by atoms with Crippen LogP contribution in [0.2, 0.25) is 0 Å². The highest BCUT2D eigenvalue weighted by molar-refractivity contribution is 4.67. The fourth-order valence-electron chi connectivity index (χ4n) is 1.06. The molecule has 1 unspecified atom stereocenters. The van der Waals surface area contributed by atoms with Gasteiger partial charge in [-0.3, -0.25) is 0 Å². The van der Waals surface area contributed by atoms with Crippen LogP contribution in [-0.4, -0.2) is 19.3 Å². The third kappa shape index (κ3) is 11.9. The summed E-state index contributed by atoms with van der Waals surface area (Å²) >= 11 is 0. The van der Waals surface area contributed by atoms with Gasteiger partial charge in [-0.25, -0.2) is 0 Å². The summed E-state index contributed by atoms with van der Waals surface area (Å²) in [6.45, 7) is 6.09. The molecular weight excluding hydrogens is 162 g/mol. The predicted molar refractivity (Wildman–Crippen MR) is 57.8 cm³/mol. The molecule has 1 saturated heterocycles. The number of ether oxygens (including phenoxy) is 1. The number of hydrogen-bond donors (Lipinski definition) is 1. The van der Waals surface area contributed by atoms with E-state index in [4.69, 9.17) is 10.5 Å². The second-order valence-corrected chi connectivity index (χ2v) is 3.61. The summed E-state index contributed by atoms with van der Waals surface area (Å²) in [5.74, 6) is 0. The molecule has 0 aromatic heterocycles. The minimum absolute atomic E-state index is 0.412. The Morgan fingerprint density at radius 1 is 1.08 bits per heavy atom. The maximum atomic E-state index is 5.11. The van der Waals surface area contributed by atoms with Crippen LogP contribution in [0.1, 0.15) is 52.4 Å². The number of rotatable bonds is 6. The SMILES string of the molecule is CCCCCCCC.NCC1CO1. The highest BCUT2D eigenvalue weighted by Crippen LogP contribution is 2.04. The molecule has 2 N–H and O–H groups in total. The number of nitrogens with two attached hydrogens (primary N) is 1. The van der Waals surface area contributed by atoms with Crippen molar-refractivity contribution in [3.63, 3.8) is 0 Å². The van der Waals surface area contributed by atoms with E-state index >= 15 is 0 Å². The topological polar surface area (TPSA) is 38.5 Å².